The van der Waals surface area contributed by atoms with Crippen molar-refractivity contribution in [1.29, 1.82) is 0 Å². The predicted octanol–water partition coefficient (Wildman–Crippen LogP) is 2.37. The zero-order valence-corrected chi connectivity index (χ0v) is 11.4. The Morgan fingerprint density at radius 3 is 2.65 bits per heavy atom. The fourth-order valence-electron chi connectivity index (χ4n) is 2.01. The lowest BCUT2D eigenvalue weighted by Gasteiger charge is -2.16. The molecule has 1 aromatic heterocycles. The largest absolute Gasteiger partial charge is 0.396 e. The Balaban J connectivity index is 2.08. The van der Waals surface area contributed by atoms with E-state index < -0.39 is 5.82 Å². The van der Waals surface area contributed by atoms with Crippen LogP contribution >= 0.6 is 0 Å². The quantitative estimate of drug-likeness (QED) is 0.849. The van der Waals surface area contributed by atoms with Crippen molar-refractivity contribution in [2.24, 2.45) is 0 Å². The summed E-state index contributed by atoms with van der Waals surface area (Å²) in [6, 6.07) is 9.63. The van der Waals surface area contributed by atoms with Crippen LogP contribution in [-0.2, 0) is 6.42 Å². The van der Waals surface area contributed by atoms with Crippen LogP contribution in [0.1, 0.15) is 24.1 Å². The van der Waals surface area contributed by atoms with Gasteiger partial charge in [0.1, 0.15) is 6.33 Å². The number of aliphatic hydroxyl groups is 1. The van der Waals surface area contributed by atoms with Crippen LogP contribution in [0, 0.1) is 5.82 Å². The molecule has 1 heterocycles. The molecule has 0 saturated carbocycles. The summed E-state index contributed by atoms with van der Waals surface area (Å²) >= 11 is 0. The molecule has 2 N–H and O–H groups in total. The Morgan fingerprint density at radius 1 is 1.25 bits per heavy atom. The van der Waals surface area contributed by atoms with Crippen molar-refractivity contribution in [2.45, 2.75) is 19.3 Å². The maximum Gasteiger partial charge on any atom is 0.186 e. The standard InChI is InChI=1S/C15H18FN3O/c1-2-13-14(16)15(19-10-18-13)17-8-12(9-20)11-6-4-3-5-7-11/h3-7,10,12,20H,2,8-9H2,1H3,(H,17,18,19)/t12-/m0/s1. The van der Waals surface area contributed by atoms with E-state index in [1.54, 1.807) is 0 Å². The minimum Gasteiger partial charge on any atom is -0.396 e. The first kappa shape index (κ1) is 14.4. The number of halogens is 1. The zero-order valence-electron chi connectivity index (χ0n) is 11.4. The van der Waals surface area contributed by atoms with Gasteiger partial charge in [-0.25, -0.2) is 14.4 Å². The molecule has 0 aliphatic rings. The molecule has 0 radical (unpaired) electrons. The van der Waals surface area contributed by atoms with Crippen molar-refractivity contribution in [3.8, 4) is 0 Å². The fourth-order valence-corrected chi connectivity index (χ4v) is 2.01. The number of aliphatic hydroxyl groups excluding tert-OH is 1. The highest BCUT2D eigenvalue weighted by atomic mass is 19.1. The van der Waals surface area contributed by atoms with E-state index in [-0.39, 0.29) is 18.3 Å². The number of aryl methyl sites for hydroxylation is 1. The maximum absolute atomic E-state index is 14.0. The van der Waals surface area contributed by atoms with Gasteiger partial charge in [0.25, 0.3) is 0 Å². The summed E-state index contributed by atoms with van der Waals surface area (Å²) in [4.78, 5) is 7.80. The molecule has 0 fully saturated rings. The van der Waals surface area contributed by atoms with Crippen molar-refractivity contribution in [1.82, 2.24) is 9.97 Å². The van der Waals surface area contributed by atoms with Gasteiger partial charge in [0.2, 0.25) is 0 Å². The second-order valence-corrected chi connectivity index (χ2v) is 4.51. The van der Waals surface area contributed by atoms with Gasteiger partial charge >= 0.3 is 0 Å². The number of nitrogens with one attached hydrogen (secondary N) is 1. The summed E-state index contributed by atoms with van der Waals surface area (Å²) < 4.78 is 14.0. The Kier molecular flexibility index (Phi) is 5.01. The molecular weight excluding hydrogens is 257 g/mol. The van der Waals surface area contributed by atoms with Gasteiger partial charge in [0.15, 0.2) is 11.6 Å². The highest BCUT2D eigenvalue weighted by molar-refractivity contribution is 5.38. The van der Waals surface area contributed by atoms with E-state index in [0.717, 1.165) is 5.56 Å². The SMILES string of the molecule is CCc1ncnc(NC[C@@H](CO)c2ccccc2)c1F. The number of hydrogen-bond acceptors (Lipinski definition) is 4. The zero-order chi connectivity index (χ0) is 14.4. The van der Waals surface area contributed by atoms with Crippen molar-refractivity contribution >= 4 is 5.82 Å². The van der Waals surface area contributed by atoms with Gasteiger partial charge < -0.3 is 10.4 Å². The molecule has 0 amide bonds. The number of benzene rings is 1. The molecule has 20 heavy (non-hydrogen) atoms. The van der Waals surface area contributed by atoms with Gasteiger partial charge in [-0.15, -0.1) is 0 Å². The molecule has 2 rings (SSSR count). The minimum absolute atomic E-state index is 0.00957. The lowest BCUT2D eigenvalue weighted by molar-refractivity contribution is 0.270. The molecule has 0 saturated heterocycles. The van der Waals surface area contributed by atoms with Crippen LogP contribution in [0.3, 0.4) is 0 Å². The van der Waals surface area contributed by atoms with Gasteiger partial charge in [0, 0.05) is 12.5 Å². The predicted molar refractivity (Wildman–Crippen MR) is 76.1 cm³/mol. The summed E-state index contributed by atoms with van der Waals surface area (Å²) in [6.07, 6.45) is 1.87. The highest BCUT2D eigenvalue weighted by Crippen LogP contribution is 2.18. The van der Waals surface area contributed by atoms with E-state index in [1.165, 1.54) is 6.33 Å². The molecule has 5 heteroatoms. The smallest absolute Gasteiger partial charge is 0.186 e. The number of rotatable bonds is 6. The number of hydrogen-bond donors (Lipinski definition) is 2. The Hall–Kier alpha value is -2.01. The summed E-state index contributed by atoms with van der Waals surface area (Å²) in [5, 5.41) is 12.4. The van der Waals surface area contributed by atoms with E-state index in [9.17, 15) is 9.50 Å². The molecule has 1 aromatic carbocycles. The van der Waals surface area contributed by atoms with Crippen LogP contribution in [0.5, 0.6) is 0 Å². The molecule has 0 aliphatic heterocycles. The van der Waals surface area contributed by atoms with Crippen molar-refractivity contribution in [3.05, 3.63) is 53.7 Å². The van der Waals surface area contributed by atoms with Crippen LogP contribution in [-0.4, -0.2) is 28.2 Å². The molecule has 4 nitrogen and oxygen atoms in total. The highest BCUT2D eigenvalue weighted by Gasteiger charge is 2.13. The van der Waals surface area contributed by atoms with Crippen LogP contribution in [0.15, 0.2) is 36.7 Å². The van der Waals surface area contributed by atoms with E-state index in [4.69, 9.17) is 0 Å². The van der Waals surface area contributed by atoms with Gasteiger partial charge in [-0.3, -0.25) is 0 Å². The first-order valence-electron chi connectivity index (χ1n) is 6.65. The first-order chi connectivity index (χ1) is 9.76. The molecule has 2 aromatic rings. The number of anilines is 1. The van der Waals surface area contributed by atoms with Crippen LogP contribution < -0.4 is 5.32 Å². The summed E-state index contributed by atoms with van der Waals surface area (Å²) in [7, 11) is 0. The van der Waals surface area contributed by atoms with Gasteiger partial charge in [-0.1, -0.05) is 37.3 Å². The van der Waals surface area contributed by atoms with E-state index in [0.29, 0.717) is 18.7 Å². The third-order valence-corrected chi connectivity index (χ3v) is 3.20. The van der Waals surface area contributed by atoms with E-state index >= 15 is 0 Å². The van der Waals surface area contributed by atoms with Crippen LogP contribution in [0.2, 0.25) is 0 Å². The monoisotopic (exact) mass is 275 g/mol. The summed E-state index contributed by atoms with van der Waals surface area (Å²) in [5.41, 5.74) is 1.40. The molecule has 0 unspecified atom stereocenters. The molecule has 0 aliphatic carbocycles. The van der Waals surface area contributed by atoms with E-state index in [2.05, 4.69) is 15.3 Å². The summed E-state index contributed by atoms with van der Waals surface area (Å²) in [6.45, 7) is 2.25. The van der Waals surface area contributed by atoms with Crippen molar-refractivity contribution < 1.29 is 9.50 Å². The minimum atomic E-state index is -0.417. The molecule has 0 bridgehead atoms. The Bertz CT molecular complexity index is 548. The normalized spacial score (nSPS) is 12.2. The lowest BCUT2D eigenvalue weighted by atomic mass is 10.0. The van der Waals surface area contributed by atoms with Crippen molar-refractivity contribution in [3.63, 3.8) is 0 Å². The third-order valence-electron chi connectivity index (χ3n) is 3.20. The summed E-state index contributed by atoms with van der Waals surface area (Å²) in [5.74, 6) is -0.332. The fraction of sp³-hybridized carbons (Fsp3) is 0.333. The third kappa shape index (κ3) is 3.30. The van der Waals surface area contributed by atoms with Crippen LogP contribution in [0.25, 0.3) is 0 Å². The molecule has 0 spiro atoms. The topological polar surface area (TPSA) is 58.0 Å². The molecular formula is C15H18FN3O. The van der Waals surface area contributed by atoms with E-state index in [1.807, 2.05) is 37.3 Å². The van der Waals surface area contributed by atoms with Gasteiger partial charge in [0.05, 0.1) is 12.3 Å². The van der Waals surface area contributed by atoms with Crippen LogP contribution in [0.4, 0.5) is 10.2 Å². The average molecular weight is 275 g/mol. The number of nitrogens with zero attached hydrogens (tertiary/aromatic N) is 2. The Labute approximate surface area is 117 Å². The average Bonchev–Trinajstić information content (AvgIpc) is 2.50. The van der Waals surface area contributed by atoms with Gasteiger partial charge in [-0.05, 0) is 12.0 Å². The van der Waals surface area contributed by atoms with Gasteiger partial charge in [-0.2, -0.15) is 0 Å². The lowest BCUT2D eigenvalue weighted by Crippen LogP contribution is -2.18. The second kappa shape index (κ2) is 6.96. The maximum atomic E-state index is 14.0. The van der Waals surface area contributed by atoms with Crippen molar-refractivity contribution in [2.75, 3.05) is 18.5 Å². The second-order valence-electron chi connectivity index (χ2n) is 4.51. The molecule has 1 atom stereocenters. The first-order valence-corrected chi connectivity index (χ1v) is 6.65. The molecule has 106 valence electrons. The number of aromatic nitrogens is 2. The Morgan fingerprint density at radius 2 is 2.00 bits per heavy atom.